The molecule has 6 heteroatoms. The summed E-state index contributed by atoms with van der Waals surface area (Å²) in [6, 6.07) is 4.80. The van der Waals surface area contributed by atoms with Crippen molar-refractivity contribution >= 4 is 29.2 Å². The highest BCUT2D eigenvalue weighted by Crippen LogP contribution is 2.32. The van der Waals surface area contributed by atoms with Gasteiger partial charge < -0.3 is 14.8 Å². The fourth-order valence-corrected chi connectivity index (χ4v) is 1.47. The Balaban J connectivity index is 2.33. The average molecular weight is 254 g/mol. The maximum Gasteiger partial charge on any atom is 0.360 e. The minimum atomic E-state index is -0.662. The van der Waals surface area contributed by atoms with Gasteiger partial charge in [0.1, 0.15) is 5.70 Å². The summed E-state index contributed by atoms with van der Waals surface area (Å²) in [7, 11) is 1.22. The minimum absolute atomic E-state index is 0.0201. The first-order chi connectivity index (χ1) is 8.10. The third-order valence-electron chi connectivity index (χ3n) is 2.10. The summed E-state index contributed by atoms with van der Waals surface area (Å²) in [5.41, 5.74) is 0.579. The van der Waals surface area contributed by atoms with Gasteiger partial charge in [-0.3, -0.25) is 0 Å². The van der Waals surface area contributed by atoms with Crippen LogP contribution in [0.3, 0.4) is 0 Å². The van der Waals surface area contributed by atoms with Crippen molar-refractivity contribution in [2.45, 2.75) is 0 Å². The number of benzene rings is 1. The highest BCUT2D eigenvalue weighted by Gasteiger charge is 2.23. The molecule has 1 aliphatic heterocycles. The van der Waals surface area contributed by atoms with Gasteiger partial charge in [0, 0.05) is 11.1 Å². The van der Waals surface area contributed by atoms with Crippen LogP contribution in [0.1, 0.15) is 0 Å². The van der Waals surface area contributed by atoms with E-state index in [1.165, 1.54) is 13.2 Å². The molecule has 1 aliphatic rings. The van der Waals surface area contributed by atoms with Crippen LogP contribution in [0.5, 0.6) is 5.75 Å². The number of hydrogen-bond donors (Lipinski definition) is 1. The van der Waals surface area contributed by atoms with Crippen LogP contribution in [0, 0.1) is 0 Å². The van der Waals surface area contributed by atoms with E-state index in [1.54, 1.807) is 12.1 Å². The second-order valence-corrected chi connectivity index (χ2v) is 3.67. The molecule has 0 saturated heterocycles. The molecular weight excluding hydrogens is 246 g/mol. The molecule has 0 saturated carbocycles. The third kappa shape index (κ3) is 2.39. The molecule has 88 valence electrons. The van der Waals surface area contributed by atoms with Gasteiger partial charge in [0.25, 0.3) is 0 Å². The smallest absolute Gasteiger partial charge is 0.360 e. The lowest BCUT2D eigenvalue weighted by atomic mass is 10.2. The van der Waals surface area contributed by atoms with E-state index >= 15 is 0 Å². The summed E-state index contributed by atoms with van der Waals surface area (Å²) < 4.78 is 9.43. The van der Waals surface area contributed by atoms with Crippen molar-refractivity contribution in [1.29, 1.82) is 0 Å². The standard InChI is InChI=1S/C11H8ClNO4/c1-16-10(14)5-8-11(15)17-9-4-6(12)2-3-7(9)13-8/h2-5,13H,1H3/b8-5-. The van der Waals surface area contributed by atoms with Gasteiger partial charge in [-0.1, -0.05) is 11.6 Å². The third-order valence-corrected chi connectivity index (χ3v) is 2.33. The minimum Gasteiger partial charge on any atom is -0.466 e. The molecule has 1 aromatic rings. The van der Waals surface area contributed by atoms with Gasteiger partial charge in [-0.25, -0.2) is 9.59 Å². The van der Waals surface area contributed by atoms with Crippen LogP contribution in [0.2, 0.25) is 5.02 Å². The first-order valence-electron chi connectivity index (χ1n) is 4.68. The summed E-state index contributed by atoms with van der Waals surface area (Å²) in [4.78, 5) is 22.5. The number of carbonyl (C=O) groups excluding carboxylic acids is 2. The lowest BCUT2D eigenvalue weighted by Crippen LogP contribution is -2.24. The fraction of sp³-hybridized carbons (Fsp3) is 0.0909. The predicted octanol–water partition coefficient (Wildman–Crippen LogP) is 1.73. The number of anilines is 1. The molecule has 0 radical (unpaired) electrons. The van der Waals surface area contributed by atoms with Crippen molar-refractivity contribution in [2.24, 2.45) is 0 Å². The highest BCUT2D eigenvalue weighted by atomic mass is 35.5. The first kappa shape index (κ1) is 11.5. The van der Waals surface area contributed by atoms with Crippen LogP contribution in [0.25, 0.3) is 0 Å². The van der Waals surface area contributed by atoms with Gasteiger partial charge in [-0.05, 0) is 12.1 Å². The molecule has 1 aromatic carbocycles. The number of ether oxygens (including phenoxy) is 2. The lowest BCUT2D eigenvalue weighted by Gasteiger charge is -2.19. The molecule has 1 heterocycles. The van der Waals surface area contributed by atoms with Crippen LogP contribution in [0.15, 0.2) is 30.0 Å². The van der Waals surface area contributed by atoms with Gasteiger partial charge in [-0.2, -0.15) is 0 Å². The summed E-state index contributed by atoms with van der Waals surface area (Å²) in [5, 5.41) is 3.22. The quantitative estimate of drug-likeness (QED) is 0.469. The second kappa shape index (κ2) is 4.47. The lowest BCUT2D eigenvalue weighted by molar-refractivity contribution is -0.136. The Kier molecular flexibility index (Phi) is 3.01. The Morgan fingerprint density at radius 2 is 2.29 bits per heavy atom. The van der Waals surface area contributed by atoms with E-state index < -0.39 is 11.9 Å². The van der Waals surface area contributed by atoms with Crippen LogP contribution in [-0.4, -0.2) is 19.0 Å². The molecule has 1 N–H and O–H groups in total. The molecule has 0 bridgehead atoms. The maximum absolute atomic E-state index is 11.5. The predicted molar refractivity (Wildman–Crippen MR) is 60.8 cm³/mol. The van der Waals surface area contributed by atoms with Crippen LogP contribution in [-0.2, 0) is 14.3 Å². The van der Waals surface area contributed by atoms with E-state index in [0.717, 1.165) is 6.08 Å². The molecule has 0 aliphatic carbocycles. The number of nitrogens with one attached hydrogen (secondary N) is 1. The molecule has 0 fully saturated rings. The summed E-state index contributed by atoms with van der Waals surface area (Å²) >= 11 is 5.76. The number of fused-ring (bicyclic) bond motifs is 1. The molecule has 2 rings (SSSR count). The topological polar surface area (TPSA) is 64.6 Å². The van der Waals surface area contributed by atoms with E-state index in [1.807, 2.05) is 0 Å². The van der Waals surface area contributed by atoms with Gasteiger partial charge in [0.05, 0.1) is 18.9 Å². The number of carbonyl (C=O) groups is 2. The molecule has 0 spiro atoms. The summed E-state index contributed by atoms with van der Waals surface area (Å²) in [6.07, 6.45) is 1.03. The number of halogens is 1. The number of hydrogen-bond acceptors (Lipinski definition) is 5. The van der Waals surface area contributed by atoms with E-state index in [4.69, 9.17) is 16.3 Å². The van der Waals surface area contributed by atoms with Crippen LogP contribution < -0.4 is 10.1 Å². The van der Waals surface area contributed by atoms with Crippen molar-refractivity contribution in [3.63, 3.8) is 0 Å². The average Bonchev–Trinajstić information content (AvgIpc) is 2.30. The van der Waals surface area contributed by atoms with E-state index in [0.29, 0.717) is 16.5 Å². The Labute approximate surface area is 102 Å². The molecule has 0 amide bonds. The molecule has 0 atom stereocenters. The molecule has 0 unspecified atom stereocenters. The van der Waals surface area contributed by atoms with Crippen molar-refractivity contribution in [1.82, 2.24) is 0 Å². The Morgan fingerprint density at radius 3 is 3.00 bits per heavy atom. The number of methoxy groups -OCH3 is 1. The zero-order valence-corrected chi connectivity index (χ0v) is 9.58. The van der Waals surface area contributed by atoms with Gasteiger partial charge in [-0.15, -0.1) is 0 Å². The van der Waals surface area contributed by atoms with E-state index in [2.05, 4.69) is 10.1 Å². The van der Waals surface area contributed by atoms with Crippen molar-refractivity contribution in [2.75, 3.05) is 12.4 Å². The van der Waals surface area contributed by atoms with Crippen LogP contribution in [0.4, 0.5) is 5.69 Å². The first-order valence-corrected chi connectivity index (χ1v) is 5.06. The Hall–Kier alpha value is -2.01. The maximum atomic E-state index is 11.5. The zero-order valence-electron chi connectivity index (χ0n) is 8.82. The summed E-state index contributed by atoms with van der Waals surface area (Å²) in [5.74, 6) is -0.975. The Bertz CT molecular complexity index is 524. The zero-order chi connectivity index (χ0) is 12.4. The van der Waals surface area contributed by atoms with Gasteiger partial charge in [0.2, 0.25) is 0 Å². The SMILES string of the molecule is COC(=O)/C=C1\Nc2ccc(Cl)cc2OC1=O. The van der Waals surface area contributed by atoms with Gasteiger partial charge in [0.15, 0.2) is 5.75 Å². The fourth-order valence-electron chi connectivity index (χ4n) is 1.31. The van der Waals surface area contributed by atoms with Crippen LogP contribution >= 0.6 is 11.6 Å². The normalized spacial score (nSPS) is 15.9. The highest BCUT2D eigenvalue weighted by molar-refractivity contribution is 6.30. The molecule has 5 nitrogen and oxygen atoms in total. The number of esters is 2. The molecule has 17 heavy (non-hydrogen) atoms. The largest absolute Gasteiger partial charge is 0.466 e. The second-order valence-electron chi connectivity index (χ2n) is 3.24. The molecular formula is C11H8ClNO4. The van der Waals surface area contributed by atoms with Crippen molar-refractivity contribution in [3.8, 4) is 5.75 Å². The van der Waals surface area contributed by atoms with E-state index in [-0.39, 0.29) is 5.70 Å². The summed E-state index contributed by atoms with van der Waals surface area (Å²) in [6.45, 7) is 0. The van der Waals surface area contributed by atoms with E-state index in [9.17, 15) is 9.59 Å². The molecule has 0 aromatic heterocycles. The van der Waals surface area contributed by atoms with Crippen molar-refractivity contribution < 1.29 is 19.1 Å². The number of rotatable bonds is 1. The Morgan fingerprint density at radius 1 is 1.53 bits per heavy atom. The van der Waals surface area contributed by atoms with Gasteiger partial charge >= 0.3 is 11.9 Å². The monoisotopic (exact) mass is 253 g/mol. The van der Waals surface area contributed by atoms with Crippen molar-refractivity contribution in [3.05, 3.63) is 35.0 Å².